The van der Waals surface area contributed by atoms with Crippen molar-refractivity contribution in [3.05, 3.63) is 106 Å². The number of rotatable bonds is 8. The Morgan fingerprint density at radius 2 is 1.54 bits per heavy atom. The van der Waals surface area contributed by atoms with Gasteiger partial charge in [0, 0.05) is 11.8 Å². The van der Waals surface area contributed by atoms with Crippen LogP contribution >= 0.6 is 0 Å². The number of halogens is 3. The van der Waals surface area contributed by atoms with E-state index >= 15 is 0 Å². The third-order valence-electron chi connectivity index (χ3n) is 6.65. The van der Waals surface area contributed by atoms with Crippen molar-refractivity contribution in [1.82, 2.24) is 0 Å². The number of carbonyl (C=O) groups excluding carboxylic acids is 1. The van der Waals surface area contributed by atoms with Crippen molar-refractivity contribution in [2.45, 2.75) is 32.9 Å². The monoisotopic (exact) mass is 561 g/mol. The van der Waals surface area contributed by atoms with E-state index in [1.807, 2.05) is 44.2 Å². The van der Waals surface area contributed by atoms with Crippen LogP contribution < -0.4 is 20.2 Å². The van der Waals surface area contributed by atoms with Crippen molar-refractivity contribution < 1.29 is 31.9 Å². The largest absolute Gasteiger partial charge is 0.484 e. The van der Waals surface area contributed by atoms with Gasteiger partial charge in [-0.05, 0) is 59.0 Å². The third-order valence-corrected chi connectivity index (χ3v) is 6.65. The number of alkyl halides is 3. The Balaban J connectivity index is 1.41. The first-order chi connectivity index (χ1) is 19.7. The molecule has 0 bridgehead atoms. The smallest absolute Gasteiger partial charge is 0.453 e. The van der Waals surface area contributed by atoms with Gasteiger partial charge in [0.1, 0.15) is 17.1 Å². The van der Waals surface area contributed by atoms with Gasteiger partial charge in [0.15, 0.2) is 6.61 Å². The number of fused-ring (bicyclic) bond motifs is 2. The van der Waals surface area contributed by atoms with E-state index in [9.17, 15) is 22.8 Å². The van der Waals surface area contributed by atoms with Gasteiger partial charge in [-0.2, -0.15) is 13.2 Å². The third kappa shape index (κ3) is 5.89. The molecule has 0 aliphatic carbocycles. The van der Waals surface area contributed by atoms with Crippen LogP contribution in [-0.2, 0) is 23.8 Å². The fourth-order valence-corrected chi connectivity index (χ4v) is 4.60. The quantitative estimate of drug-likeness (QED) is 0.208. The minimum atomic E-state index is -5.01. The second kappa shape index (κ2) is 11.4. The number of hydrogen-bond donors (Lipinski definition) is 1. The molecule has 1 amide bonds. The molecule has 0 radical (unpaired) electrons. The van der Waals surface area contributed by atoms with Gasteiger partial charge in [-0.3, -0.25) is 9.59 Å². The number of aryl methyl sites for hydroxylation is 2. The summed E-state index contributed by atoms with van der Waals surface area (Å²) in [6, 6.07) is 21.6. The number of benzene rings is 4. The number of hydrogen-bond acceptors (Lipinski definition) is 5. The number of amides is 1. The van der Waals surface area contributed by atoms with Crippen LogP contribution in [0.5, 0.6) is 17.2 Å². The Hall–Kier alpha value is -4.79. The van der Waals surface area contributed by atoms with Crippen LogP contribution in [0, 0.1) is 0 Å². The molecular weight excluding hydrogens is 535 g/mol. The maximum atomic E-state index is 14.0. The van der Waals surface area contributed by atoms with E-state index in [-0.39, 0.29) is 22.5 Å². The number of nitrogens with one attached hydrogen (secondary N) is 1. The minimum absolute atomic E-state index is 0.0580. The maximum Gasteiger partial charge on any atom is 0.453 e. The Morgan fingerprint density at radius 3 is 2.22 bits per heavy atom. The summed E-state index contributed by atoms with van der Waals surface area (Å²) >= 11 is 0. The highest BCUT2D eigenvalue weighted by atomic mass is 19.4. The molecule has 1 heterocycles. The standard InChI is InChI=1S/C32H26F3NO5/c1-3-19-10-7-11-20(4-2)28(19)36-27(37)18-39-23-14-15-25-26(17-23)41-31(32(33,34)35)30(29(25)38)40-24-13-12-21-8-5-6-9-22(21)16-24/h5-17H,3-4,18H2,1-2H3,(H,36,37). The fraction of sp³-hybridized carbons (Fsp3) is 0.188. The molecule has 1 aromatic heterocycles. The maximum absolute atomic E-state index is 14.0. The Morgan fingerprint density at radius 1 is 0.854 bits per heavy atom. The molecule has 0 saturated heterocycles. The zero-order chi connectivity index (χ0) is 29.1. The molecule has 0 fully saturated rings. The van der Waals surface area contributed by atoms with Gasteiger partial charge in [-0.1, -0.05) is 62.4 Å². The molecule has 0 saturated carbocycles. The lowest BCUT2D eigenvalue weighted by atomic mass is 10.0. The van der Waals surface area contributed by atoms with Crippen LogP contribution in [0.2, 0.25) is 0 Å². The highest BCUT2D eigenvalue weighted by Crippen LogP contribution is 2.39. The molecule has 0 spiro atoms. The van der Waals surface area contributed by atoms with Crippen molar-refractivity contribution >= 4 is 33.3 Å². The van der Waals surface area contributed by atoms with Crippen LogP contribution in [0.25, 0.3) is 21.7 Å². The van der Waals surface area contributed by atoms with E-state index in [0.29, 0.717) is 0 Å². The topological polar surface area (TPSA) is 77.8 Å². The van der Waals surface area contributed by atoms with Gasteiger partial charge >= 0.3 is 6.18 Å². The molecule has 4 aromatic carbocycles. The van der Waals surface area contributed by atoms with Gasteiger partial charge in [-0.15, -0.1) is 0 Å². The van der Waals surface area contributed by atoms with Gasteiger partial charge in [0.25, 0.3) is 11.7 Å². The predicted molar refractivity (Wildman–Crippen MR) is 151 cm³/mol. The average Bonchev–Trinajstić information content (AvgIpc) is 2.96. The van der Waals surface area contributed by atoms with Crippen molar-refractivity contribution in [3.63, 3.8) is 0 Å². The molecule has 5 rings (SSSR count). The lowest BCUT2D eigenvalue weighted by molar-refractivity contribution is -0.154. The average molecular weight is 562 g/mol. The first-order valence-corrected chi connectivity index (χ1v) is 13.1. The Bertz CT molecular complexity index is 1790. The number of para-hydroxylation sites is 1. The molecule has 0 atom stereocenters. The van der Waals surface area contributed by atoms with Crippen LogP contribution in [0.4, 0.5) is 18.9 Å². The number of ether oxygens (including phenoxy) is 2. The van der Waals surface area contributed by atoms with E-state index in [4.69, 9.17) is 13.9 Å². The van der Waals surface area contributed by atoms with E-state index in [2.05, 4.69) is 5.32 Å². The molecule has 1 N–H and O–H groups in total. The molecule has 0 unspecified atom stereocenters. The summed E-state index contributed by atoms with van der Waals surface area (Å²) in [5.41, 5.74) is 1.34. The summed E-state index contributed by atoms with van der Waals surface area (Å²) in [5.74, 6) is -2.84. The fourth-order valence-electron chi connectivity index (χ4n) is 4.60. The predicted octanol–water partition coefficient (Wildman–Crippen LogP) is 7.90. The first kappa shape index (κ1) is 27.8. The summed E-state index contributed by atoms with van der Waals surface area (Å²) in [6.07, 6.45) is -3.57. The first-order valence-electron chi connectivity index (χ1n) is 13.1. The molecule has 210 valence electrons. The van der Waals surface area contributed by atoms with Crippen molar-refractivity contribution in [1.29, 1.82) is 0 Å². The molecule has 0 aliphatic rings. The van der Waals surface area contributed by atoms with E-state index in [0.717, 1.165) is 46.5 Å². The van der Waals surface area contributed by atoms with E-state index in [1.165, 1.54) is 18.2 Å². The number of carbonyl (C=O) groups is 1. The SMILES string of the molecule is CCc1cccc(CC)c1NC(=O)COc1ccc2c(=O)c(Oc3ccc4ccccc4c3)c(C(F)(F)F)oc2c1. The van der Waals surface area contributed by atoms with Gasteiger partial charge in [0.05, 0.1) is 5.39 Å². The van der Waals surface area contributed by atoms with E-state index < -0.39 is 35.6 Å². The summed E-state index contributed by atoms with van der Waals surface area (Å²) < 4.78 is 58.2. The molecule has 5 aromatic rings. The summed E-state index contributed by atoms with van der Waals surface area (Å²) in [6.45, 7) is 3.57. The van der Waals surface area contributed by atoms with Crippen molar-refractivity contribution in [2.75, 3.05) is 11.9 Å². The second-order valence-corrected chi connectivity index (χ2v) is 9.35. The Labute approximate surface area is 233 Å². The van der Waals surface area contributed by atoms with Crippen LogP contribution in [0.15, 0.2) is 88.1 Å². The van der Waals surface area contributed by atoms with Gasteiger partial charge in [0.2, 0.25) is 11.2 Å². The van der Waals surface area contributed by atoms with Crippen molar-refractivity contribution in [2.24, 2.45) is 0 Å². The summed E-state index contributed by atoms with van der Waals surface area (Å²) in [7, 11) is 0. The molecule has 9 heteroatoms. The number of anilines is 1. The second-order valence-electron chi connectivity index (χ2n) is 9.35. The molecule has 41 heavy (non-hydrogen) atoms. The minimum Gasteiger partial charge on any atom is -0.484 e. The van der Waals surface area contributed by atoms with Crippen molar-refractivity contribution in [3.8, 4) is 17.2 Å². The zero-order valence-electron chi connectivity index (χ0n) is 22.3. The lowest BCUT2D eigenvalue weighted by Crippen LogP contribution is -2.22. The summed E-state index contributed by atoms with van der Waals surface area (Å²) in [4.78, 5) is 25.8. The van der Waals surface area contributed by atoms with Crippen LogP contribution in [0.3, 0.4) is 0 Å². The zero-order valence-corrected chi connectivity index (χ0v) is 22.3. The van der Waals surface area contributed by atoms with Gasteiger partial charge in [-0.25, -0.2) is 0 Å². The van der Waals surface area contributed by atoms with Gasteiger partial charge < -0.3 is 19.2 Å². The van der Waals surface area contributed by atoms with Crippen LogP contribution in [0.1, 0.15) is 30.7 Å². The normalized spacial score (nSPS) is 11.5. The molecular formula is C32H26F3NO5. The molecule has 6 nitrogen and oxygen atoms in total. The van der Waals surface area contributed by atoms with E-state index in [1.54, 1.807) is 24.3 Å². The summed E-state index contributed by atoms with van der Waals surface area (Å²) in [5, 5.41) is 4.33. The highest BCUT2D eigenvalue weighted by Gasteiger charge is 2.40. The lowest BCUT2D eigenvalue weighted by Gasteiger charge is -2.15. The Kier molecular flexibility index (Phi) is 7.70. The molecule has 0 aliphatic heterocycles. The van der Waals surface area contributed by atoms with Crippen LogP contribution in [-0.4, -0.2) is 12.5 Å². The highest BCUT2D eigenvalue weighted by molar-refractivity contribution is 5.93.